The molecule has 1 N–H and O–H groups in total. The largest absolute Gasteiger partial charge is 0.411 e. The minimum Gasteiger partial charge on any atom is -0.411 e. The first-order valence-electron chi connectivity index (χ1n) is 2.98. The SMILES string of the molecule is CCC[C@H](C)C=NO. The van der Waals surface area contributed by atoms with E-state index in [9.17, 15) is 0 Å². The van der Waals surface area contributed by atoms with Crippen molar-refractivity contribution < 1.29 is 5.21 Å². The van der Waals surface area contributed by atoms with Gasteiger partial charge in [0.15, 0.2) is 0 Å². The third-order valence-electron chi connectivity index (χ3n) is 1.07. The third-order valence-corrected chi connectivity index (χ3v) is 1.07. The van der Waals surface area contributed by atoms with E-state index >= 15 is 0 Å². The highest BCUT2D eigenvalue weighted by Gasteiger charge is 1.92. The molecule has 0 radical (unpaired) electrons. The average molecular weight is 115 g/mol. The number of oxime groups is 1. The third kappa shape index (κ3) is 3.65. The van der Waals surface area contributed by atoms with Crippen molar-refractivity contribution in [1.29, 1.82) is 0 Å². The molecule has 0 amide bonds. The van der Waals surface area contributed by atoms with E-state index in [2.05, 4.69) is 12.1 Å². The molecule has 0 bridgehead atoms. The van der Waals surface area contributed by atoms with Crippen LogP contribution in [0.2, 0.25) is 0 Å². The lowest BCUT2D eigenvalue weighted by Crippen LogP contribution is -1.93. The van der Waals surface area contributed by atoms with Crippen LogP contribution < -0.4 is 0 Å². The van der Waals surface area contributed by atoms with E-state index in [1.165, 1.54) is 0 Å². The van der Waals surface area contributed by atoms with Crippen LogP contribution in [-0.2, 0) is 0 Å². The quantitative estimate of drug-likeness (QED) is 0.340. The number of nitrogens with zero attached hydrogens (tertiary/aromatic N) is 1. The molecule has 2 heteroatoms. The second-order valence-corrected chi connectivity index (χ2v) is 2.03. The minimum atomic E-state index is 0.421. The van der Waals surface area contributed by atoms with E-state index in [1.54, 1.807) is 6.21 Å². The molecule has 0 unspecified atom stereocenters. The molecule has 0 spiro atoms. The van der Waals surface area contributed by atoms with Crippen LogP contribution in [0.4, 0.5) is 0 Å². The smallest absolute Gasteiger partial charge is 0.0464 e. The standard InChI is InChI=1S/C6H13NO/c1-3-4-6(2)5-7-8/h5-6,8H,3-4H2,1-2H3/t6-/m0/s1. The molecule has 48 valence electrons. The summed E-state index contributed by atoms with van der Waals surface area (Å²) in [6.45, 7) is 4.14. The minimum absolute atomic E-state index is 0.421. The van der Waals surface area contributed by atoms with E-state index < -0.39 is 0 Å². The van der Waals surface area contributed by atoms with Gasteiger partial charge in [-0.25, -0.2) is 0 Å². The predicted octanol–water partition coefficient (Wildman–Crippen LogP) is 1.88. The van der Waals surface area contributed by atoms with Gasteiger partial charge in [-0.15, -0.1) is 5.16 Å². The van der Waals surface area contributed by atoms with Crippen molar-refractivity contribution in [3.63, 3.8) is 0 Å². The summed E-state index contributed by atoms with van der Waals surface area (Å²) in [4.78, 5) is 0. The van der Waals surface area contributed by atoms with E-state index in [1.807, 2.05) is 6.92 Å². The Morgan fingerprint density at radius 1 is 1.75 bits per heavy atom. The summed E-state index contributed by atoms with van der Waals surface area (Å²) >= 11 is 0. The first-order chi connectivity index (χ1) is 3.81. The fraction of sp³-hybridized carbons (Fsp3) is 0.833. The molecule has 0 aliphatic heterocycles. The molecular formula is C6H13NO. The summed E-state index contributed by atoms with van der Waals surface area (Å²) in [5.74, 6) is 0.421. The first-order valence-corrected chi connectivity index (χ1v) is 2.98. The number of rotatable bonds is 3. The van der Waals surface area contributed by atoms with Gasteiger partial charge in [0.25, 0.3) is 0 Å². The van der Waals surface area contributed by atoms with Gasteiger partial charge in [0, 0.05) is 6.21 Å². The van der Waals surface area contributed by atoms with Crippen LogP contribution in [0.15, 0.2) is 5.16 Å². The van der Waals surface area contributed by atoms with Crippen molar-refractivity contribution in [2.45, 2.75) is 26.7 Å². The van der Waals surface area contributed by atoms with E-state index in [-0.39, 0.29) is 0 Å². The zero-order valence-corrected chi connectivity index (χ0v) is 5.46. The maximum absolute atomic E-state index is 8.03. The summed E-state index contributed by atoms with van der Waals surface area (Å²) < 4.78 is 0. The maximum Gasteiger partial charge on any atom is 0.0464 e. The van der Waals surface area contributed by atoms with Crippen LogP contribution in [0.25, 0.3) is 0 Å². The van der Waals surface area contributed by atoms with Gasteiger partial charge >= 0.3 is 0 Å². The fourth-order valence-electron chi connectivity index (χ4n) is 0.644. The van der Waals surface area contributed by atoms with Gasteiger partial charge in [-0.1, -0.05) is 20.3 Å². The van der Waals surface area contributed by atoms with E-state index in [4.69, 9.17) is 5.21 Å². The Morgan fingerprint density at radius 3 is 2.75 bits per heavy atom. The summed E-state index contributed by atoms with van der Waals surface area (Å²) in [6.07, 6.45) is 3.81. The van der Waals surface area contributed by atoms with Gasteiger partial charge < -0.3 is 5.21 Å². The lowest BCUT2D eigenvalue weighted by atomic mass is 10.1. The highest BCUT2D eigenvalue weighted by molar-refractivity contribution is 5.58. The van der Waals surface area contributed by atoms with Gasteiger partial charge in [-0.3, -0.25) is 0 Å². The summed E-state index contributed by atoms with van der Waals surface area (Å²) in [7, 11) is 0. The van der Waals surface area contributed by atoms with Crippen molar-refractivity contribution in [3.05, 3.63) is 0 Å². The van der Waals surface area contributed by atoms with Crippen molar-refractivity contribution in [2.75, 3.05) is 0 Å². The Labute approximate surface area is 50.2 Å². The molecule has 0 aliphatic carbocycles. The molecule has 0 aliphatic rings. The van der Waals surface area contributed by atoms with Gasteiger partial charge in [0.2, 0.25) is 0 Å². The Hall–Kier alpha value is -0.530. The Balaban J connectivity index is 3.17. The van der Waals surface area contributed by atoms with Gasteiger partial charge in [-0.2, -0.15) is 0 Å². The number of hydrogen-bond donors (Lipinski definition) is 1. The van der Waals surface area contributed by atoms with E-state index in [0.29, 0.717) is 5.92 Å². The van der Waals surface area contributed by atoms with Crippen molar-refractivity contribution in [2.24, 2.45) is 11.1 Å². The second kappa shape index (κ2) is 4.62. The van der Waals surface area contributed by atoms with Crippen LogP contribution in [0, 0.1) is 5.92 Å². The summed E-state index contributed by atoms with van der Waals surface area (Å²) in [5.41, 5.74) is 0. The molecule has 1 atom stereocenters. The highest BCUT2D eigenvalue weighted by atomic mass is 16.4. The topological polar surface area (TPSA) is 32.6 Å². The molecule has 0 aromatic rings. The zero-order valence-electron chi connectivity index (χ0n) is 5.46. The van der Waals surface area contributed by atoms with Crippen LogP contribution in [0.5, 0.6) is 0 Å². The molecule has 0 rings (SSSR count). The molecule has 0 saturated carbocycles. The Morgan fingerprint density at radius 2 is 2.38 bits per heavy atom. The van der Waals surface area contributed by atoms with Crippen LogP contribution >= 0.6 is 0 Å². The summed E-state index contributed by atoms with van der Waals surface area (Å²) in [6, 6.07) is 0. The van der Waals surface area contributed by atoms with E-state index in [0.717, 1.165) is 12.8 Å². The lowest BCUT2D eigenvalue weighted by Gasteiger charge is -1.97. The fourth-order valence-corrected chi connectivity index (χ4v) is 0.644. The van der Waals surface area contributed by atoms with Crippen LogP contribution in [0.1, 0.15) is 26.7 Å². The van der Waals surface area contributed by atoms with Crippen LogP contribution in [0.3, 0.4) is 0 Å². The molecule has 0 saturated heterocycles. The van der Waals surface area contributed by atoms with Gasteiger partial charge in [0.05, 0.1) is 0 Å². The molecule has 0 heterocycles. The van der Waals surface area contributed by atoms with Gasteiger partial charge in [0.1, 0.15) is 0 Å². The Bertz CT molecular complexity index is 70.9. The number of hydrogen-bond acceptors (Lipinski definition) is 2. The second-order valence-electron chi connectivity index (χ2n) is 2.03. The zero-order chi connectivity index (χ0) is 6.41. The normalized spacial score (nSPS) is 14.8. The van der Waals surface area contributed by atoms with Gasteiger partial charge in [-0.05, 0) is 12.3 Å². The van der Waals surface area contributed by atoms with Crippen LogP contribution in [-0.4, -0.2) is 11.4 Å². The summed E-state index contributed by atoms with van der Waals surface area (Å²) in [5, 5.41) is 11.0. The molecule has 8 heavy (non-hydrogen) atoms. The van der Waals surface area contributed by atoms with Crippen molar-refractivity contribution >= 4 is 6.21 Å². The molecule has 2 nitrogen and oxygen atoms in total. The maximum atomic E-state index is 8.03. The highest BCUT2D eigenvalue weighted by Crippen LogP contribution is 1.99. The molecule has 0 aromatic carbocycles. The van der Waals surface area contributed by atoms with Crippen molar-refractivity contribution in [3.8, 4) is 0 Å². The van der Waals surface area contributed by atoms with Crippen molar-refractivity contribution in [1.82, 2.24) is 0 Å². The molecular weight excluding hydrogens is 102 g/mol. The predicted molar refractivity (Wildman–Crippen MR) is 34.4 cm³/mol. The molecule has 0 fully saturated rings. The average Bonchev–Trinajstić information content (AvgIpc) is 1.68. The Kier molecular flexibility index (Phi) is 4.32. The molecule has 0 aromatic heterocycles. The first kappa shape index (κ1) is 7.47. The monoisotopic (exact) mass is 115 g/mol. The lowest BCUT2D eigenvalue weighted by molar-refractivity contribution is 0.318.